The summed E-state index contributed by atoms with van der Waals surface area (Å²) in [4.78, 5) is 2.15. The molecule has 1 aliphatic heterocycles. The van der Waals surface area contributed by atoms with Crippen molar-refractivity contribution in [3.8, 4) is 0 Å². The van der Waals surface area contributed by atoms with Crippen LogP contribution in [0, 0.1) is 5.82 Å². The zero-order valence-electron chi connectivity index (χ0n) is 9.21. The summed E-state index contributed by atoms with van der Waals surface area (Å²) in [7, 11) is 0. The van der Waals surface area contributed by atoms with Gasteiger partial charge < -0.3 is 5.11 Å². The van der Waals surface area contributed by atoms with Crippen LogP contribution in [0.1, 0.15) is 18.1 Å². The number of aliphatic hydroxyl groups excluding tert-OH is 1. The first-order valence-corrected chi connectivity index (χ1v) is 6.23. The molecule has 2 rings (SSSR count). The first-order valence-electron chi connectivity index (χ1n) is 5.44. The van der Waals surface area contributed by atoms with Crippen LogP contribution < -0.4 is 0 Å². The van der Waals surface area contributed by atoms with E-state index in [1.165, 1.54) is 6.07 Å². The van der Waals surface area contributed by atoms with Crippen LogP contribution in [0.25, 0.3) is 0 Å². The molecule has 1 aromatic rings. The Bertz CT molecular complexity index is 395. The highest BCUT2D eigenvalue weighted by atomic mass is 79.9. The Morgan fingerprint density at radius 2 is 2.25 bits per heavy atom. The summed E-state index contributed by atoms with van der Waals surface area (Å²) in [6.07, 6.45) is 0.377. The summed E-state index contributed by atoms with van der Waals surface area (Å²) in [6.45, 7) is 3.93. The van der Waals surface area contributed by atoms with Crippen LogP contribution in [0.5, 0.6) is 0 Å². The van der Waals surface area contributed by atoms with Gasteiger partial charge in [-0.3, -0.25) is 4.90 Å². The highest BCUT2D eigenvalue weighted by Crippen LogP contribution is 2.28. The van der Waals surface area contributed by atoms with E-state index < -0.39 is 0 Å². The van der Waals surface area contributed by atoms with Gasteiger partial charge in [-0.1, -0.05) is 15.9 Å². The van der Waals surface area contributed by atoms with Crippen molar-refractivity contribution >= 4 is 15.9 Å². The lowest BCUT2D eigenvalue weighted by Gasteiger charge is -2.30. The Hall–Kier alpha value is -0.450. The van der Waals surface area contributed by atoms with Crippen LogP contribution in [-0.4, -0.2) is 29.2 Å². The molecule has 1 N–H and O–H groups in total. The number of hydrogen-bond acceptors (Lipinski definition) is 2. The van der Waals surface area contributed by atoms with Crippen molar-refractivity contribution in [3.63, 3.8) is 0 Å². The van der Waals surface area contributed by atoms with Crippen molar-refractivity contribution < 1.29 is 9.50 Å². The van der Waals surface area contributed by atoms with Gasteiger partial charge in [0.15, 0.2) is 0 Å². The van der Waals surface area contributed by atoms with Crippen molar-refractivity contribution in [2.45, 2.75) is 26.0 Å². The Morgan fingerprint density at radius 1 is 1.50 bits per heavy atom. The molecule has 1 aromatic carbocycles. The van der Waals surface area contributed by atoms with E-state index >= 15 is 0 Å². The van der Waals surface area contributed by atoms with Crippen LogP contribution in [0.2, 0.25) is 0 Å². The number of aliphatic hydroxyl groups is 1. The molecule has 1 aliphatic rings. The van der Waals surface area contributed by atoms with Gasteiger partial charge in [-0.15, -0.1) is 0 Å². The molecule has 1 heterocycles. The third-order valence-electron chi connectivity index (χ3n) is 2.90. The second kappa shape index (κ2) is 4.82. The van der Waals surface area contributed by atoms with Crippen LogP contribution >= 0.6 is 15.9 Å². The van der Waals surface area contributed by atoms with Crippen molar-refractivity contribution in [1.82, 2.24) is 4.90 Å². The molecular weight excluding hydrogens is 273 g/mol. The number of fused-ring (bicyclic) bond motifs is 1. The summed E-state index contributed by atoms with van der Waals surface area (Å²) in [5.41, 5.74) is 1.84. The van der Waals surface area contributed by atoms with Gasteiger partial charge in [0.05, 0.1) is 6.10 Å². The van der Waals surface area contributed by atoms with Gasteiger partial charge in [0, 0.05) is 24.1 Å². The lowest BCUT2D eigenvalue weighted by molar-refractivity contribution is 0.118. The summed E-state index contributed by atoms with van der Waals surface area (Å²) in [5.74, 6) is -0.116. The number of β-amino-alcohol motifs (C(OH)–C–C–N with tert-alkyl or cyclic N) is 1. The summed E-state index contributed by atoms with van der Waals surface area (Å²) in [5, 5.41) is 9.35. The van der Waals surface area contributed by atoms with E-state index in [9.17, 15) is 9.50 Å². The molecular formula is C12H15BrFNO. The number of rotatable bonds is 2. The van der Waals surface area contributed by atoms with Crippen molar-refractivity contribution in [2.24, 2.45) is 0 Å². The molecule has 0 spiro atoms. The SMILES string of the molecule is C[C@@H](O)CN1CCc2c(F)ccc(Br)c2C1. The molecule has 1 atom stereocenters. The molecule has 0 saturated heterocycles. The minimum absolute atomic E-state index is 0.116. The van der Waals surface area contributed by atoms with Crippen LogP contribution in [-0.2, 0) is 13.0 Å². The molecule has 0 radical (unpaired) electrons. The Morgan fingerprint density at radius 3 is 2.94 bits per heavy atom. The molecule has 0 saturated carbocycles. The van der Waals surface area contributed by atoms with Crippen LogP contribution in [0.15, 0.2) is 16.6 Å². The van der Waals surface area contributed by atoms with Gasteiger partial charge >= 0.3 is 0 Å². The Balaban J connectivity index is 2.23. The van der Waals surface area contributed by atoms with E-state index in [0.29, 0.717) is 19.5 Å². The Kier molecular flexibility index (Phi) is 3.62. The average molecular weight is 288 g/mol. The summed E-state index contributed by atoms with van der Waals surface area (Å²) >= 11 is 3.45. The maximum Gasteiger partial charge on any atom is 0.126 e. The summed E-state index contributed by atoms with van der Waals surface area (Å²) < 4.78 is 14.5. The smallest absolute Gasteiger partial charge is 0.126 e. The highest BCUT2D eigenvalue weighted by molar-refractivity contribution is 9.10. The summed E-state index contributed by atoms with van der Waals surface area (Å²) in [6, 6.07) is 3.26. The number of nitrogens with zero attached hydrogens (tertiary/aromatic N) is 1. The molecule has 88 valence electrons. The van der Waals surface area contributed by atoms with E-state index in [1.807, 2.05) is 0 Å². The fourth-order valence-corrected chi connectivity index (χ4v) is 2.68. The second-order valence-corrected chi connectivity index (χ2v) is 5.17. The first kappa shape index (κ1) is 12.0. The molecule has 0 bridgehead atoms. The van der Waals surface area contributed by atoms with Crippen molar-refractivity contribution in [1.29, 1.82) is 0 Å². The minimum atomic E-state index is -0.339. The monoisotopic (exact) mass is 287 g/mol. The molecule has 4 heteroatoms. The minimum Gasteiger partial charge on any atom is -0.392 e. The van der Waals surface area contributed by atoms with E-state index in [4.69, 9.17) is 0 Å². The van der Waals surface area contributed by atoms with Gasteiger partial charge in [0.2, 0.25) is 0 Å². The van der Waals surface area contributed by atoms with Gasteiger partial charge in [-0.05, 0) is 36.6 Å². The quantitative estimate of drug-likeness (QED) is 0.903. The molecule has 0 aliphatic carbocycles. The van der Waals surface area contributed by atoms with Gasteiger partial charge in [0.1, 0.15) is 5.82 Å². The first-order chi connectivity index (χ1) is 7.58. The molecule has 0 aromatic heterocycles. The van der Waals surface area contributed by atoms with E-state index in [-0.39, 0.29) is 11.9 Å². The molecule has 0 unspecified atom stereocenters. The van der Waals surface area contributed by atoms with Crippen LogP contribution in [0.4, 0.5) is 4.39 Å². The topological polar surface area (TPSA) is 23.5 Å². The molecule has 0 amide bonds. The zero-order chi connectivity index (χ0) is 11.7. The third kappa shape index (κ3) is 2.44. The van der Waals surface area contributed by atoms with E-state index in [1.54, 1.807) is 13.0 Å². The molecule has 16 heavy (non-hydrogen) atoms. The van der Waals surface area contributed by atoms with Crippen LogP contribution in [0.3, 0.4) is 0 Å². The van der Waals surface area contributed by atoms with Gasteiger partial charge in [-0.2, -0.15) is 0 Å². The number of hydrogen-bond donors (Lipinski definition) is 1. The fourth-order valence-electron chi connectivity index (χ4n) is 2.18. The number of benzene rings is 1. The predicted molar refractivity (Wildman–Crippen MR) is 64.8 cm³/mol. The zero-order valence-corrected chi connectivity index (χ0v) is 10.8. The maximum absolute atomic E-state index is 13.6. The lowest BCUT2D eigenvalue weighted by atomic mass is 9.99. The predicted octanol–water partition coefficient (Wildman–Crippen LogP) is 2.33. The van der Waals surface area contributed by atoms with E-state index in [2.05, 4.69) is 20.8 Å². The largest absolute Gasteiger partial charge is 0.392 e. The maximum atomic E-state index is 13.6. The third-order valence-corrected chi connectivity index (χ3v) is 3.64. The highest BCUT2D eigenvalue weighted by Gasteiger charge is 2.21. The second-order valence-electron chi connectivity index (χ2n) is 4.32. The standard InChI is InChI=1S/C12H15BrFNO/c1-8(16)6-15-5-4-9-10(7-15)11(13)2-3-12(9)14/h2-3,8,16H,4-7H2,1H3/t8-/m1/s1. The fraction of sp³-hybridized carbons (Fsp3) is 0.500. The lowest BCUT2D eigenvalue weighted by Crippen LogP contribution is -2.36. The molecule has 0 fully saturated rings. The van der Waals surface area contributed by atoms with E-state index in [0.717, 1.165) is 22.1 Å². The van der Waals surface area contributed by atoms with Gasteiger partial charge in [0.25, 0.3) is 0 Å². The number of halogens is 2. The van der Waals surface area contributed by atoms with Gasteiger partial charge in [-0.25, -0.2) is 4.39 Å². The Labute approximate surface area is 103 Å². The molecule has 2 nitrogen and oxygen atoms in total. The van der Waals surface area contributed by atoms with Crippen molar-refractivity contribution in [2.75, 3.05) is 13.1 Å². The average Bonchev–Trinajstić information content (AvgIpc) is 2.23. The normalized spacial score (nSPS) is 18.2. The van der Waals surface area contributed by atoms with Crippen molar-refractivity contribution in [3.05, 3.63) is 33.5 Å².